The predicted molar refractivity (Wildman–Crippen MR) is 138 cm³/mol. The van der Waals surface area contributed by atoms with Crippen LogP contribution in [0.5, 0.6) is 0 Å². The van der Waals surface area contributed by atoms with Crippen LogP contribution in [0.2, 0.25) is 0 Å². The van der Waals surface area contributed by atoms with E-state index < -0.39 is 16.0 Å². The number of anilines is 2. The molecule has 0 atom stereocenters. The molecule has 0 aliphatic carbocycles. The van der Waals surface area contributed by atoms with E-state index in [0.29, 0.717) is 35.0 Å². The highest BCUT2D eigenvalue weighted by Gasteiger charge is 2.15. The number of rotatable bonds is 10. The van der Waals surface area contributed by atoms with Gasteiger partial charge in [-0.15, -0.1) is 0 Å². The second-order valence-corrected chi connectivity index (χ2v) is 9.78. The van der Waals surface area contributed by atoms with Gasteiger partial charge in [0.05, 0.1) is 22.8 Å². The van der Waals surface area contributed by atoms with Crippen molar-refractivity contribution in [3.05, 3.63) is 78.3 Å². The van der Waals surface area contributed by atoms with Crippen LogP contribution in [0.4, 0.5) is 22.9 Å². The number of aryl methyl sites for hydroxylation is 2. The second-order valence-electron chi connectivity index (χ2n) is 8.10. The van der Waals surface area contributed by atoms with Gasteiger partial charge in [0, 0.05) is 30.1 Å². The highest BCUT2D eigenvalue weighted by molar-refractivity contribution is 7.92. The topological polar surface area (TPSA) is 126 Å². The van der Waals surface area contributed by atoms with Crippen LogP contribution in [0.1, 0.15) is 18.4 Å². The molecule has 0 amide bonds. The number of nitrogens with zero attached hydrogens (tertiary/aromatic N) is 5. The van der Waals surface area contributed by atoms with E-state index >= 15 is 0 Å². The van der Waals surface area contributed by atoms with Gasteiger partial charge >= 0.3 is 5.97 Å². The molecule has 1 heterocycles. The van der Waals surface area contributed by atoms with E-state index in [1.165, 1.54) is 12.1 Å². The number of benzene rings is 2. The summed E-state index contributed by atoms with van der Waals surface area (Å²) in [6.07, 6.45) is 0. The number of carbonyl (C=O) groups is 1. The Kier molecular flexibility index (Phi) is 8.49. The van der Waals surface area contributed by atoms with Gasteiger partial charge in [-0.05, 0) is 69.3 Å². The highest BCUT2D eigenvalue weighted by Crippen LogP contribution is 2.23. The lowest BCUT2D eigenvalue weighted by Gasteiger charge is -2.19. The Balaban J connectivity index is 1.59. The summed E-state index contributed by atoms with van der Waals surface area (Å²) in [7, 11) is -1.92. The molecule has 10 nitrogen and oxygen atoms in total. The molecule has 3 aromatic rings. The van der Waals surface area contributed by atoms with Gasteiger partial charge < -0.3 is 9.64 Å². The largest absolute Gasteiger partial charge is 0.460 e. The molecule has 1 aromatic heterocycles. The smallest absolute Gasteiger partial charge is 0.333 e. The minimum absolute atomic E-state index is 0.0803. The minimum atomic E-state index is -3.81. The highest BCUT2D eigenvalue weighted by atomic mass is 32.2. The first-order chi connectivity index (χ1) is 17.0. The monoisotopic (exact) mass is 508 g/mol. The summed E-state index contributed by atoms with van der Waals surface area (Å²) in [5.74, 6) is 0.287. The molecule has 0 saturated carbocycles. The molecule has 188 valence electrons. The summed E-state index contributed by atoms with van der Waals surface area (Å²) in [6.45, 7) is 9.40. The Hall–Kier alpha value is -4.12. The van der Waals surface area contributed by atoms with Gasteiger partial charge in [0.2, 0.25) is 0 Å². The lowest BCUT2D eigenvalue weighted by Crippen LogP contribution is -2.23. The van der Waals surface area contributed by atoms with Crippen LogP contribution < -0.4 is 9.62 Å². The van der Waals surface area contributed by atoms with Crippen molar-refractivity contribution in [2.75, 3.05) is 29.8 Å². The van der Waals surface area contributed by atoms with Crippen LogP contribution >= 0.6 is 0 Å². The molecule has 0 bridgehead atoms. The Labute approximate surface area is 210 Å². The average molecular weight is 509 g/mol. The molecule has 0 spiro atoms. The Morgan fingerprint density at radius 3 is 2.17 bits per heavy atom. The molecule has 0 aliphatic rings. The molecule has 36 heavy (non-hydrogen) atoms. The summed E-state index contributed by atoms with van der Waals surface area (Å²) < 4.78 is 32.9. The molecule has 0 radical (unpaired) electrons. The third-order valence-corrected chi connectivity index (χ3v) is 6.30. The predicted octanol–water partition coefficient (Wildman–Crippen LogP) is 4.87. The van der Waals surface area contributed by atoms with E-state index in [1.807, 2.05) is 36.2 Å². The summed E-state index contributed by atoms with van der Waals surface area (Å²) in [5, 5.41) is 8.38. The number of hydrogen-bond acceptors (Lipinski definition) is 9. The number of esters is 1. The van der Waals surface area contributed by atoms with Crippen molar-refractivity contribution in [2.24, 2.45) is 10.2 Å². The Bertz CT molecular complexity index is 1350. The summed E-state index contributed by atoms with van der Waals surface area (Å²) in [6, 6.07) is 15.0. The zero-order chi connectivity index (χ0) is 26.3. The number of hydrogen-bond donors (Lipinski definition) is 1. The first-order valence-electron chi connectivity index (χ1n) is 11.0. The number of carbonyl (C=O) groups excluding carboxylic acids is 1. The number of sulfonamides is 1. The lowest BCUT2D eigenvalue weighted by molar-refractivity contribution is -0.138. The quantitative estimate of drug-likeness (QED) is 0.235. The van der Waals surface area contributed by atoms with Crippen molar-refractivity contribution < 1.29 is 17.9 Å². The van der Waals surface area contributed by atoms with E-state index in [4.69, 9.17) is 4.74 Å². The number of azo groups is 1. The molecular weight excluding hydrogens is 480 g/mol. The fourth-order valence-corrected chi connectivity index (χ4v) is 4.07. The number of nitrogens with one attached hydrogen (secondary N) is 1. The maximum absolute atomic E-state index is 12.7. The van der Waals surface area contributed by atoms with Crippen molar-refractivity contribution in [3.8, 4) is 0 Å². The zero-order valence-corrected chi connectivity index (χ0v) is 21.4. The molecule has 0 fully saturated rings. The maximum Gasteiger partial charge on any atom is 0.333 e. The molecule has 0 unspecified atom stereocenters. The van der Waals surface area contributed by atoms with Crippen LogP contribution in [0.3, 0.4) is 0 Å². The van der Waals surface area contributed by atoms with Crippen LogP contribution in [0, 0.1) is 13.8 Å². The second kappa shape index (κ2) is 11.5. The van der Waals surface area contributed by atoms with Crippen molar-refractivity contribution in [1.82, 2.24) is 9.97 Å². The lowest BCUT2D eigenvalue weighted by atomic mass is 10.2. The third kappa shape index (κ3) is 7.44. The fraction of sp³-hybridized carbons (Fsp3) is 0.240. The third-order valence-electron chi connectivity index (χ3n) is 4.93. The molecule has 1 N–H and O–H groups in total. The van der Waals surface area contributed by atoms with Crippen molar-refractivity contribution >= 4 is 38.9 Å². The summed E-state index contributed by atoms with van der Waals surface area (Å²) in [5.41, 5.74) is 3.10. The summed E-state index contributed by atoms with van der Waals surface area (Å²) >= 11 is 0. The number of likely N-dealkylation sites (N-methyl/N-ethyl adjacent to an activating group) is 1. The standard InChI is InChI=1S/C25H28N6O4S/c1-17(2)25(32)35-15-14-31(5)22-10-6-20(7-11-22)28-29-21-8-12-23(13-9-21)36(33,34)30-24-16-18(3)26-19(4)27-24/h6-13,16H,1,14-15H2,2-5H3,(H,26,27,30). The van der Waals surface area contributed by atoms with Gasteiger partial charge in [0.1, 0.15) is 18.2 Å². The van der Waals surface area contributed by atoms with E-state index in [1.54, 1.807) is 39.0 Å². The molecule has 2 aromatic carbocycles. The van der Waals surface area contributed by atoms with Gasteiger partial charge in [0.15, 0.2) is 0 Å². The molecule has 11 heteroatoms. The van der Waals surface area contributed by atoms with Crippen molar-refractivity contribution in [3.63, 3.8) is 0 Å². The first-order valence-corrected chi connectivity index (χ1v) is 12.5. The first kappa shape index (κ1) is 26.5. The molecule has 3 rings (SSSR count). The minimum Gasteiger partial charge on any atom is -0.460 e. The van der Waals surface area contributed by atoms with E-state index in [2.05, 4.69) is 31.5 Å². The van der Waals surface area contributed by atoms with Gasteiger partial charge in [-0.2, -0.15) is 10.2 Å². The Morgan fingerprint density at radius 1 is 1.03 bits per heavy atom. The molecular formula is C25H28N6O4S. The van der Waals surface area contributed by atoms with Gasteiger partial charge in [-0.25, -0.2) is 23.2 Å². The molecule has 0 saturated heterocycles. The van der Waals surface area contributed by atoms with E-state index in [9.17, 15) is 13.2 Å². The van der Waals surface area contributed by atoms with E-state index in [0.717, 1.165) is 5.69 Å². The zero-order valence-electron chi connectivity index (χ0n) is 20.6. The van der Waals surface area contributed by atoms with Crippen molar-refractivity contribution in [2.45, 2.75) is 25.7 Å². The van der Waals surface area contributed by atoms with Crippen LogP contribution in [0.15, 0.2) is 81.9 Å². The molecule has 0 aliphatic heterocycles. The maximum atomic E-state index is 12.7. The van der Waals surface area contributed by atoms with Crippen LogP contribution in [-0.2, 0) is 19.6 Å². The van der Waals surface area contributed by atoms with Gasteiger partial charge in [-0.1, -0.05) is 6.58 Å². The van der Waals surface area contributed by atoms with Crippen molar-refractivity contribution in [1.29, 1.82) is 0 Å². The normalized spacial score (nSPS) is 11.3. The average Bonchev–Trinajstić information content (AvgIpc) is 2.82. The van der Waals surface area contributed by atoms with E-state index in [-0.39, 0.29) is 17.3 Å². The summed E-state index contributed by atoms with van der Waals surface area (Å²) in [4.78, 5) is 21.7. The fourth-order valence-electron chi connectivity index (χ4n) is 3.07. The van der Waals surface area contributed by atoms with Gasteiger partial charge in [0.25, 0.3) is 10.0 Å². The number of ether oxygens (including phenoxy) is 1. The van der Waals surface area contributed by atoms with Gasteiger partial charge in [-0.3, -0.25) is 4.72 Å². The number of aromatic nitrogens is 2. The Morgan fingerprint density at radius 2 is 1.61 bits per heavy atom. The van der Waals surface area contributed by atoms with Crippen LogP contribution in [-0.4, -0.2) is 44.6 Å². The van der Waals surface area contributed by atoms with Crippen LogP contribution in [0.25, 0.3) is 0 Å². The SMILES string of the molecule is C=C(C)C(=O)OCCN(C)c1ccc(N=Nc2ccc(S(=O)(=O)Nc3cc(C)nc(C)n3)cc2)cc1.